The van der Waals surface area contributed by atoms with E-state index in [1.165, 1.54) is 30.5 Å². The lowest BCUT2D eigenvalue weighted by atomic mass is 9.61. The van der Waals surface area contributed by atoms with Crippen LogP contribution in [0.5, 0.6) is 11.5 Å². The van der Waals surface area contributed by atoms with Crippen molar-refractivity contribution in [3.05, 3.63) is 48.0 Å². The highest BCUT2D eigenvalue weighted by atomic mass is 32.2. The first-order chi connectivity index (χ1) is 18.9. The third-order valence-corrected chi connectivity index (χ3v) is 11.8. The second-order valence-corrected chi connectivity index (χ2v) is 13.6. The molecular formula is C30H41N3O5S. The first-order valence-electron chi connectivity index (χ1n) is 14.4. The van der Waals surface area contributed by atoms with Crippen molar-refractivity contribution in [3.8, 4) is 11.5 Å². The molecule has 0 aromatic heterocycles. The molecule has 0 bridgehead atoms. The predicted octanol–water partition coefficient (Wildman–Crippen LogP) is 3.74. The number of aliphatic hydroxyl groups excluding tert-OH is 1. The zero-order valence-corrected chi connectivity index (χ0v) is 23.8. The van der Waals surface area contributed by atoms with Gasteiger partial charge in [0.1, 0.15) is 11.5 Å². The lowest BCUT2D eigenvalue weighted by Gasteiger charge is -2.54. The maximum absolute atomic E-state index is 13.6. The van der Waals surface area contributed by atoms with E-state index < -0.39 is 10.0 Å². The van der Waals surface area contributed by atoms with Gasteiger partial charge in [-0.3, -0.25) is 0 Å². The quantitative estimate of drug-likeness (QED) is 0.561. The largest absolute Gasteiger partial charge is 0.497 e. The minimum Gasteiger partial charge on any atom is -0.497 e. The highest BCUT2D eigenvalue weighted by Crippen LogP contribution is 2.58. The Labute approximate surface area is 232 Å². The van der Waals surface area contributed by atoms with Gasteiger partial charge in [-0.2, -0.15) is 4.31 Å². The van der Waals surface area contributed by atoms with Gasteiger partial charge in [-0.1, -0.05) is 31.4 Å². The van der Waals surface area contributed by atoms with E-state index in [2.05, 4.69) is 28.4 Å². The Hall–Kier alpha value is -2.33. The summed E-state index contributed by atoms with van der Waals surface area (Å²) < 4.78 is 39.7. The van der Waals surface area contributed by atoms with E-state index in [9.17, 15) is 13.5 Å². The van der Waals surface area contributed by atoms with Gasteiger partial charge in [-0.05, 0) is 54.9 Å². The molecule has 1 spiro atoms. The summed E-state index contributed by atoms with van der Waals surface area (Å²) in [6, 6.07) is 13.8. The average Bonchev–Trinajstić information content (AvgIpc) is 3.33. The number of rotatable bonds is 6. The molecule has 39 heavy (non-hydrogen) atoms. The van der Waals surface area contributed by atoms with Crippen LogP contribution in [0.25, 0.3) is 0 Å². The molecule has 1 aliphatic carbocycles. The summed E-state index contributed by atoms with van der Waals surface area (Å²) in [6.07, 6.45) is 7.62. The third-order valence-electron chi connectivity index (χ3n) is 9.86. The van der Waals surface area contributed by atoms with Crippen LogP contribution in [0.1, 0.15) is 56.4 Å². The van der Waals surface area contributed by atoms with Crippen molar-refractivity contribution in [2.75, 3.05) is 45.4 Å². The molecule has 3 heterocycles. The van der Waals surface area contributed by atoms with Gasteiger partial charge in [0.05, 0.1) is 37.8 Å². The van der Waals surface area contributed by atoms with Crippen molar-refractivity contribution in [1.82, 2.24) is 9.62 Å². The van der Waals surface area contributed by atoms with E-state index in [-0.39, 0.29) is 34.9 Å². The number of nitrogens with one attached hydrogen (secondary N) is 1. The number of nitrogens with zero attached hydrogens (tertiary/aromatic N) is 2. The normalized spacial score (nSPS) is 27.3. The van der Waals surface area contributed by atoms with Gasteiger partial charge in [0.25, 0.3) is 0 Å². The lowest BCUT2D eigenvalue weighted by Crippen LogP contribution is -2.65. The number of anilines is 1. The Balaban J connectivity index is 1.34. The van der Waals surface area contributed by atoms with Gasteiger partial charge >= 0.3 is 0 Å². The topological polar surface area (TPSA) is 91.3 Å². The molecule has 3 atom stereocenters. The summed E-state index contributed by atoms with van der Waals surface area (Å²) in [5.74, 6) is 1.62. The summed E-state index contributed by atoms with van der Waals surface area (Å²) >= 11 is 0. The Morgan fingerprint density at radius 2 is 1.72 bits per heavy atom. The maximum atomic E-state index is 13.6. The van der Waals surface area contributed by atoms with Crippen LogP contribution in [-0.4, -0.2) is 76.4 Å². The molecule has 8 nitrogen and oxygen atoms in total. The van der Waals surface area contributed by atoms with Crippen molar-refractivity contribution in [2.24, 2.45) is 5.41 Å². The van der Waals surface area contributed by atoms with Crippen LogP contribution in [0.3, 0.4) is 0 Å². The lowest BCUT2D eigenvalue weighted by molar-refractivity contribution is 0.0463. The fraction of sp³-hybridized carbons (Fsp3) is 0.600. The fourth-order valence-corrected chi connectivity index (χ4v) is 9.34. The molecule has 3 aliphatic heterocycles. The van der Waals surface area contributed by atoms with Gasteiger partial charge in [0.15, 0.2) is 0 Å². The number of methoxy groups -OCH3 is 2. The summed E-state index contributed by atoms with van der Waals surface area (Å²) in [7, 11) is -0.354. The summed E-state index contributed by atoms with van der Waals surface area (Å²) in [5.41, 5.74) is 2.48. The minimum absolute atomic E-state index is 0.0282. The number of hydrogen-bond acceptors (Lipinski definition) is 7. The van der Waals surface area contributed by atoms with Crippen molar-refractivity contribution < 1.29 is 23.0 Å². The van der Waals surface area contributed by atoms with Crippen LogP contribution < -0.4 is 19.7 Å². The molecule has 212 valence electrons. The van der Waals surface area contributed by atoms with E-state index in [0.717, 1.165) is 38.0 Å². The SMILES string of the molecule is COc1cccc(S(=O)(=O)N2CCC3(CC2)CN[C@H](CO)C2C3c3ccc(OC)cc3N2C2CCCCC2)c1. The number of sulfonamides is 1. The number of fused-ring (bicyclic) bond motifs is 4. The van der Waals surface area contributed by atoms with E-state index in [0.29, 0.717) is 24.9 Å². The predicted molar refractivity (Wildman–Crippen MR) is 151 cm³/mol. The Morgan fingerprint density at radius 1 is 1.00 bits per heavy atom. The molecule has 0 amide bonds. The highest BCUT2D eigenvalue weighted by Gasteiger charge is 2.58. The van der Waals surface area contributed by atoms with E-state index in [1.54, 1.807) is 42.8 Å². The zero-order valence-electron chi connectivity index (χ0n) is 23.0. The molecule has 2 unspecified atom stereocenters. The molecule has 2 aromatic rings. The minimum atomic E-state index is -3.62. The number of hydrogen-bond donors (Lipinski definition) is 2. The molecule has 0 radical (unpaired) electrons. The van der Waals surface area contributed by atoms with Crippen LogP contribution >= 0.6 is 0 Å². The van der Waals surface area contributed by atoms with E-state index >= 15 is 0 Å². The molecule has 6 rings (SSSR count). The molecule has 2 aromatic carbocycles. The number of ether oxygens (including phenoxy) is 2. The van der Waals surface area contributed by atoms with E-state index in [1.807, 2.05) is 0 Å². The second-order valence-electron chi connectivity index (χ2n) is 11.7. The standard InChI is InChI=1S/C30H41N3O5S/c1-37-22-9-6-10-24(17-22)39(35,36)32-15-13-30(14-16-32)20-31-26(19-34)29-28(30)25-12-11-23(38-2)18-27(25)33(29)21-7-4-3-5-8-21/h6,9-12,17-18,21,26,28-29,31,34H,3-5,7-8,13-16,19-20H2,1-2H3/t26-,28?,29?/m1/s1. The van der Waals surface area contributed by atoms with Crippen LogP contribution in [-0.2, 0) is 10.0 Å². The molecule has 2 N–H and O–H groups in total. The molecule has 2 saturated heterocycles. The van der Waals surface area contributed by atoms with Crippen molar-refractivity contribution in [2.45, 2.75) is 73.9 Å². The molecular weight excluding hydrogens is 514 g/mol. The van der Waals surface area contributed by atoms with Gasteiger partial charge in [0, 0.05) is 49.4 Å². The van der Waals surface area contributed by atoms with Crippen molar-refractivity contribution in [3.63, 3.8) is 0 Å². The van der Waals surface area contributed by atoms with Crippen LogP contribution in [0, 0.1) is 5.41 Å². The zero-order chi connectivity index (χ0) is 27.2. The van der Waals surface area contributed by atoms with Crippen LogP contribution in [0.4, 0.5) is 5.69 Å². The summed E-state index contributed by atoms with van der Waals surface area (Å²) in [6.45, 7) is 1.81. The van der Waals surface area contributed by atoms with Crippen LogP contribution in [0.15, 0.2) is 47.4 Å². The maximum Gasteiger partial charge on any atom is 0.243 e. The number of aliphatic hydroxyl groups is 1. The summed E-state index contributed by atoms with van der Waals surface area (Å²) in [4.78, 5) is 2.90. The fourth-order valence-electron chi connectivity index (χ4n) is 7.87. The Bertz CT molecular complexity index is 1290. The smallest absolute Gasteiger partial charge is 0.243 e. The van der Waals surface area contributed by atoms with Gasteiger partial charge < -0.3 is 24.8 Å². The second kappa shape index (κ2) is 10.6. The Morgan fingerprint density at radius 3 is 2.41 bits per heavy atom. The average molecular weight is 556 g/mol. The van der Waals surface area contributed by atoms with Gasteiger partial charge in [-0.15, -0.1) is 0 Å². The molecule has 3 fully saturated rings. The van der Waals surface area contributed by atoms with E-state index in [4.69, 9.17) is 9.47 Å². The molecule has 1 saturated carbocycles. The monoisotopic (exact) mass is 555 g/mol. The first kappa shape index (κ1) is 26.9. The molecule has 9 heteroatoms. The highest BCUT2D eigenvalue weighted by molar-refractivity contribution is 7.89. The van der Waals surface area contributed by atoms with Crippen molar-refractivity contribution in [1.29, 1.82) is 0 Å². The van der Waals surface area contributed by atoms with Crippen LogP contribution in [0.2, 0.25) is 0 Å². The first-order valence-corrected chi connectivity index (χ1v) is 15.8. The summed E-state index contributed by atoms with van der Waals surface area (Å²) in [5, 5.41) is 14.3. The third kappa shape index (κ3) is 4.51. The van der Waals surface area contributed by atoms with Gasteiger partial charge in [0.2, 0.25) is 10.0 Å². The van der Waals surface area contributed by atoms with Gasteiger partial charge in [-0.25, -0.2) is 8.42 Å². The number of benzene rings is 2. The number of piperidine rings is 2. The molecule has 4 aliphatic rings. The Kier molecular flexibility index (Phi) is 7.29. The van der Waals surface area contributed by atoms with Crippen molar-refractivity contribution >= 4 is 15.7 Å².